The number of aryl methyl sites for hydroxylation is 1. The van der Waals surface area contributed by atoms with Gasteiger partial charge in [-0.2, -0.15) is 0 Å². The van der Waals surface area contributed by atoms with Crippen molar-refractivity contribution in [2.75, 3.05) is 13.2 Å². The van der Waals surface area contributed by atoms with Gasteiger partial charge in [0.05, 0.1) is 12.7 Å². The Labute approximate surface area is 143 Å². The molecule has 2 saturated heterocycles. The van der Waals surface area contributed by atoms with Crippen molar-refractivity contribution in [2.24, 2.45) is 0 Å². The van der Waals surface area contributed by atoms with Crippen LogP contribution < -0.4 is 0 Å². The molecular formula is C21H25NO2. The third kappa shape index (κ3) is 3.19. The minimum atomic E-state index is 0.140. The molecule has 4 rings (SSSR count). The first-order valence-electron chi connectivity index (χ1n) is 9.01. The van der Waals surface area contributed by atoms with E-state index in [1.807, 2.05) is 12.1 Å². The molecule has 3 atom stereocenters. The van der Waals surface area contributed by atoms with Gasteiger partial charge in [0.2, 0.25) is 0 Å². The summed E-state index contributed by atoms with van der Waals surface area (Å²) in [5, 5.41) is 9.51. The molecule has 0 aromatic heterocycles. The molecule has 2 aromatic carbocycles. The first-order valence-corrected chi connectivity index (χ1v) is 9.01. The Morgan fingerprint density at radius 3 is 2.58 bits per heavy atom. The summed E-state index contributed by atoms with van der Waals surface area (Å²) in [7, 11) is 0. The normalized spacial score (nSPS) is 27.1. The van der Waals surface area contributed by atoms with E-state index in [4.69, 9.17) is 4.74 Å². The molecule has 2 aliphatic heterocycles. The number of ether oxygens (including phenoxy) is 1. The second kappa shape index (κ2) is 6.96. The molecule has 126 valence electrons. The standard InChI is InChI=1S/C21H25NO2/c23-19-11-7-17(8-12-19)21-20-13-10-18(22(20)14-15-24-21)9-6-16-4-2-1-3-5-16/h1-5,7-8,11-12,18,20-21,23H,6,9-10,13-15H2. The van der Waals surface area contributed by atoms with Gasteiger partial charge in [-0.1, -0.05) is 42.5 Å². The Morgan fingerprint density at radius 1 is 1.00 bits per heavy atom. The molecule has 3 unspecified atom stereocenters. The van der Waals surface area contributed by atoms with Crippen LogP contribution in [0.2, 0.25) is 0 Å². The van der Waals surface area contributed by atoms with Crippen LogP contribution in [0.4, 0.5) is 0 Å². The number of fused-ring (bicyclic) bond motifs is 1. The number of morpholine rings is 1. The molecule has 2 heterocycles. The molecule has 2 fully saturated rings. The summed E-state index contributed by atoms with van der Waals surface area (Å²) >= 11 is 0. The predicted molar refractivity (Wildman–Crippen MR) is 95.1 cm³/mol. The highest BCUT2D eigenvalue weighted by Gasteiger charge is 2.41. The van der Waals surface area contributed by atoms with E-state index >= 15 is 0 Å². The molecular weight excluding hydrogens is 298 g/mol. The van der Waals surface area contributed by atoms with Crippen LogP contribution in [0.5, 0.6) is 5.75 Å². The molecule has 2 aromatic rings. The van der Waals surface area contributed by atoms with Crippen molar-refractivity contribution in [3.05, 3.63) is 65.7 Å². The van der Waals surface area contributed by atoms with Gasteiger partial charge in [0.25, 0.3) is 0 Å². The lowest BCUT2D eigenvalue weighted by Gasteiger charge is -2.39. The van der Waals surface area contributed by atoms with E-state index < -0.39 is 0 Å². The van der Waals surface area contributed by atoms with Crippen LogP contribution in [0.1, 0.15) is 36.5 Å². The summed E-state index contributed by atoms with van der Waals surface area (Å²) in [5.41, 5.74) is 2.62. The average molecular weight is 323 g/mol. The van der Waals surface area contributed by atoms with Gasteiger partial charge in [-0.05, 0) is 48.9 Å². The fourth-order valence-electron chi connectivity index (χ4n) is 4.31. The van der Waals surface area contributed by atoms with E-state index in [1.54, 1.807) is 12.1 Å². The van der Waals surface area contributed by atoms with Crippen molar-refractivity contribution in [1.82, 2.24) is 4.90 Å². The maximum Gasteiger partial charge on any atom is 0.115 e. The average Bonchev–Trinajstić information content (AvgIpc) is 3.05. The Kier molecular flexibility index (Phi) is 4.54. The van der Waals surface area contributed by atoms with E-state index in [1.165, 1.54) is 30.4 Å². The number of phenolic OH excluding ortho intramolecular Hbond substituents is 1. The highest BCUT2D eigenvalue weighted by molar-refractivity contribution is 5.28. The number of aromatic hydroxyl groups is 1. The molecule has 0 bridgehead atoms. The summed E-state index contributed by atoms with van der Waals surface area (Å²) in [5.74, 6) is 0.318. The SMILES string of the molecule is Oc1ccc(C2OCCN3C(CCc4ccccc4)CCC23)cc1. The van der Waals surface area contributed by atoms with Crippen molar-refractivity contribution in [2.45, 2.75) is 43.9 Å². The van der Waals surface area contributed by atoms with Crippen LogP contribution in [0, 0.1) is 0 Å². The lowest BCUT2D eigenvalue weighted by atomic mass is 9.99. The van der Waals surface area contributed by atoms with Crippen molar-refractivity contribution >= 4 is 0 Å². The lowest BCUT2D eigenvalue weighted by molar-refractivity contribution is -0.0686. The molecule has 1 N–H and O–H groups in total. The Morgan fingerprint density at radius 2 is 1.79 bits per heavy atom. The van der Waals surface area contributed by atoms with E-state index in [9.17, 15) is 5.11 Å². The summed E-state index contributed by atoms with van der Waals surface area (Å²) in [6.07, 6.45) is 4.98. The fourth-order valence-corrected chi connectivity index (χ4v) is 4.31. The second-order valence-electron chi connectivity index (χ2n) is 6.94. The number of hydrogen-bond acceptors (Lipinski definition) is 3. The maximum absolute atomic E-state index is 9.51. The van der Waals surface area contributed by atoms with Gasteiger partial charge in [-0.15, -0.1) is 0 Å². The quantitative estimate of drug-likeness (QED) is 0.925. The largest absolute Gasteiger partial charge is 0.508 e. The van der Waals surface area contributed by atoms with Gasteiger partial charge in [0, 0.05) is 18.6 Å². The minimum absolute atomic E-state index is 0.140. The Hall–Kier alpha value is -1.84. The fraction of sp³-hybridized carbons (Fsp3) is 0.429. The second-order valence-corrected chi connectivity index (χ2v) is 6.94. The zero-order valence-electron chi connectivity index (χ0n) is 14.0. The number of benzene rings is 2. The van der Waals surface area contributed by atoms with Gasteiger partial charge in [-0.25, -0.2) is 0 Å². The third-order valence-electron chi connectivity index (χ3n) is 5.52. The summed E-state index contributed by atoms with van der Waals surface area (Å²) in [6.45, 7) is 1.84. The molecule has 0 radical (unpaired) electrons. The molecule has 3 nitrogen and oxygen atoms in total. The zero-order valence-corrected chi connectivity index (χ0v) is 14.0. The minimum Gasteiger partial charge on any atom is -0.508 e. The van der Waals surface area contributed by atoms with E-state index in [-0.39, 0.29) is 6.10 Å². The molecule has 0 aliphatic carbocycles. The van der Waals surface area contributed by atoms with Crippen LogP contribution in [0.3, 0.4) is 0 Å². The number of nitrogens with zero attached hydrogens (tertiary/aromatic N) is 1. The van der Waals surface area contributed by atoms with Crippen LogP contribution >= 0.6 is 0 Å². The molecule has 0 spiro atoms. The monoisotopic (exact) mass is 323 g/mol. The molecule has 0 saturated carbocycles. The number of hydrogen-bond donors (Lipinski definition) is 1. The van der Waals surface area contributed by atoms with Gasteiger partial charge >= 0.3 is 0 Å². The van der Waals surface area contributed by atoms with Crippen molar-refractivity contribution in [1.29, 1.82) is 0 Å². The van der Waals surface area contributed by atoms with E-state index in [0.717, 1.165) is 19.6 Å². The van der Waals surface area contributed by atoms with Crippen LogP contribution in [-0.2, 0) is 11.2 Å². The van der Waals surface area contributed by atoms with Crippen LogP contribution in [-0.4, -0.2) is 35.2 Å². The van der Waals surface area contributed by atoms with Crippen molar-refractivity contribution in [3.8, 4) is 5.75 Å². The van der Waals surface area contributed by atoms with Crippen molar-refractivity contribution < 1.29 is 9.84 Å². The smallest absolute Gasteiger partial charge is 0.115 e. The third-order valence-corrected chi connectivity index (χ3v) is 5.52. The maximum atomic E-state index is 9.51. The topological polar surface area (TPSA) is 32.7 Å². The highest BCUT2D eigenvalue weighted by atomic mass is 16.5. The number of phenols is 1. The Balaban J connectivity index is 1.43. The lowest BCUT2D eigenvalue weighted by Crippen LogP contribution is -2.46. The number of rotatable bonds is 4. The first-order chi connectivity index (χ1) is 11.8. The Bertz CT molecular complexity index is 655. The first kappa shape index (κ1) is 15.7. The van der Waals surface area contributed by atoms with Crippen LogP contribution in [0.25, 0.3) is 0 Å². The van der Waals surface area contributed by atoms with Gasteiger partial charge < -0.3 is 9.84 Å². The molecule has 24 heavy (non-hydrogen) atoms. The van der Waals surface area contributed by atoms with Crippen LogP contribution in [0.15, 0.2) is 54.6 Å². The molecule has 2 aliphatic rings. The molecule has 0 amide bonds. The highest BCUT2D eigenvalue weighted by Crippen LogP contribution is 2.39. The van der Waals surface area contributed by atoms with Gasteiger partial charge in [0.1, 0.15) is 5.75 Å². The van der Waals surface area contributed by atoms with Crippen molar-refractivity contribution in [3.63, 3.8) is 0 Å². The molecule has 3 heteroatoms. The summed E-state index contributed by atoms with van der Waals surface area (Å²) < 4.78 is 6.11. The summed E-state index contributed by atoms with van der Waals surface area (Å²) in [6, 6.07) is 19.5. The van der Waals surface area contributed by atoms with Gasteiger partial charge in [0.15, 0.2) is 0 Å². The zero-order chi connectivity index (χ0) is 16.4. The van der Waals surface area contributed by atoms with Gasteiger partial charge in [-0.3, -0.25) is 4.90 Å². The van der Waals surface area contributed by atoms with E-state index in [2.05, 4.69) is 35.2 Å². The predicted octanol–water partition coefficient (Wildman–Crippen LogP) is 3.93. The van der Waals surface area contributed by atoms with E-state index in [0.29, 0.717) is 17.8 Å². The summed E-state index contributed by atoms with van der Waals surface area (Å²) in [4.78, 5) is 2.67.